The average Bonchev–Trinajstić information content (AvgIpc) is 2.78. The summed E-state index contributed by atoms with van der Waals surface area (Å²) in [7, 11) is 0. The molecule has 2 heterocycles. The summed E-state index contributed by atoms with van der Waals surface area (Å²) in [4.78, 5) is 29.6. The molecular formula is C24H31N3O3. The molecule has 6 heteroatoms. The molecule has 160 valence electrons. The highest BCUT2D eigenvalue weighted by atomic mass is 16.5. The van der Waals surface area contributed by atoms with Crippen molar-refractivity contribution in [3.05, 3.63) is 48.0 Å². The summed E-state index contributed by atoms with van der Waals surface area (Å²) in [6.07, 6.45) is 1.85. The van der Waals surface area contributed by atoms with Crippen LogP contribution in [0, 0.1) is 5.92 Å². The summed E-state index contributed by atoms with van der Waals surface area (Å²) in [6.45, 7) is 6.49. The summed E-state index contributed by atoms with van der Waals surface area (Å²) in [5, 5.41) is 5.50. The number of hydrogen-bond acceptors (Lipinski definition) is 4. The largest absolute Gasteiger partial charge is 0.378 e. The third-order valence-electron chi connectivity index (χ3n) is 6.21. The first-order chi connectivity index (χ1) is 14.6. The van der Waals surface area contributed by atoms with E-state index in [1.54, 1.807) is 0 Å². The minimum absolute atomic E-state index is 0.00917. The fraction of sp³-hybridized carbons (Fsp3) is 0.500. The van der Waals surface area contributed by atoms with Crippen LogP contribution in [0.2, 0.25) is 0 Å². The van der Waals surface area contributed by atoms with E-state index in [4.69, 9.17) is 4.74 Å². The molecule has 2 aliphatic heterocycles. The topological polar surface area (TPSA) is 61.9 Å². The van der Waals surface area contributed by atoms with Crippen LogP contribution in [0.15, 0.2) is 42.5 Å². The van der Waals surface area contributed by atoms with Crippen molar-refractivity contribution in [1.82, 2.24) is 15.1 Å². The van der Waals surface area contributed by atoms with Crippen molar-refractivity contribution < 1.29 is 14.3 Å². The monoisotopic (exact) mass is 409 g/mol. The molecule has 0 aliphatic carbocycles. The number of rotatable bonds is 5. The van der Waals surface area contributed by atoms with Gasteiger partial charge in [0.1, 0.15) is 0 Å². The van der Waals surface area contributed by atoms with Crippen LogP contribution >= 0.6 is 0 Å². The lowest BCUT2D eigenvalue weighted by Gasteiger charge is -2.36. The normalized spacial score (nSPS) is 21.4. The molecule has 0 aromatic heterocycles. The van der Waals surface area contributed by atoms with Gasteiger partial charge < -0.3 is 15.0 Å². The van der Waals surface area contributed by atoms with E-state index >= 15 is 0 Å². The molecule has 30 heavy (non-hydrogen) atoms. The van der Waals surface area contributed by atoms with Crippen molar-refractivity contribution >= 4 is 22.6 Å². The molecule has 0 spiro atoms. The molecule has 0 bridgehead atoms. The molecule has 2 atom stereocenters. The second-order valence-electron chi connectivity index (χ2n) is 8.37. The lowest BCUT2D eigenvalue weighted by molar-refractivity contribution is -0.142. The number of ether oxygens (including phenoxy) is 1. The molecule has 1 N–H and O–H groups in total. The van der Waals surface area contributed by atoms with Crippen molar-refractivity contribution in [2.75, 3.05) is 45.9 Å². The number of likely N-dealkylation sites (tertiary alicyclic amines) is 1. The standard InChI is InChI=1S/C24H31N3O3/c1-18(21-10-4-7-19-6-2-3-9-22(19)21)25-23(28)17-26-11-5-8-20(16-26)24(29)27-12-14-30-15-13-27/h2-4,6-7,9-10,18,20H,5,8,11-17H2,1H3,(H,25,28)/t18-,20-/m0/s1. The summed E-state index contributed by atoms with van der Waals surface area (Å²) >= 11 is 0. The molecule has 2 fully saturated rings. The van der Waals surface area contributed by atoms with E-state index in [0.29, 0.717) is 39.4 Å². The molecule has 2 aromatic rings. The van der Waals surface area contributed by atoms with E-state index < -0.39 is 0 Å². The van der Waals surface area contributed by atoms with Gasteiger partial charge in [-0.1, -0.05) is 42.5 Å². The number of hydrogen-bond donors (Lipinski definition) is 1. The molecule has 0 saturated carbocycles. The van der Waals surface area contributed by atoms with Crippen molar-refractivity contribution in [1.29, 1.82) is 0 Å². The maximum Gasteiger partial charge on any atom is 0.234 e. The molecule has 2 aromatic carbocycles. The van der Waals surface area contributed by atoms with Crippen molar-refractivity contribution in [2.24, 2.45) is 5.92 Å². The number of nitrogens with one attached hydrogen (secondary N) is 1. The summed E-state index contributed by atoms with van der Waals surface area (Å²) in [5.41, 5.74) is 1.13. The molecule has 2 aliphatic rings. The van der Waals surface area contributed by atoms with Crippen LogP contribution in [0.25, 0.3) is 10.8 Å². The van der Waals surface area contributed by atoms with E-state index in [2.05, 4.69) is 34.5 Å². The molecule has 0 unspecified atom stereocenters. The molecular weight excluding hydrogens is 378 g/mol. The zero-order valence-corrected chi connectivity index (χ0v) is 17.7. The third kappa shape index (κ3) is 4.82. The predicted molar refractivity (Wildman–Crippen MR) is 117 cm³/mol. The van der Waals surface area contributed by atoms with Gasteiger partial charge in [-0.15, -0.1) is 0 Å². The van der Waals surface area contributed by atoms with E-state index in [0.717, 1.165) is 24.9 Å². The van der Waals surface area contributed by atoms with Crippen LogP contribution in [-0.4, -0.2) is 67.6 Å². The molecule has 6 nitrogen and oxygen atoms in total. The highest BCUT2D eigenvalue weighted by Gasteiger charge is 2.30. The molecule has 2 amide bonds. The number of amides is 2. The number of carbonyl (C=O) groups excluding carboxylic acids is 2. The Hall–Kier alpha value is -2.44. The Kier molecular flexibility index (Phi) is 6.65. The molecule has 0 radical (unpaired) electrons. The van der Waals surface area contributed by atoms with Crippen molar-refractivity contribution in [3.63, 3.8) is 0 Å². The third-order valence-corrected chi connectivity index (χ3v) is 6.21. The highest BCUT2D eigenvalue weighted by Crippen LogP contribution is 2.24. The van der Waals surface area contributed by atoms with Gasteiger partial charge in [-0.05, 0) is 42.6 Å². The van der Waals surface area contributed by atoms with Gasteiger partial charge in [-0.3, -0.25) is 14.5 Å². The lowest BCUT2D eigenvalue weighted by atomic mass is 9.96. The smallest absolute Gasteiger partial charge is 0.234 e. The van der Waals surface area contributed by atoms with Crippen LogP contribution < -0.4 is 5.32 Å². The summed E-state index contributed by atoms with van der Waals surface area (Å²) < 4.78 is 5.35. The summed E-state index contributed by atoms with van der Waals surface area (Å²) in [6, 6.07) is 14.4. The fourth-order valence-corrected chi connectivity index (χ4v) is 4.64. The zero-order chi connectivity index (χ0) is 20.9. The maximum absolute atomic E-state index is 12.8. The van der Waals surface area contributed by atoms with Gasteiger partial charge in [0.25, 0.3) is 0 Å². The number of benzene rings is 2. The van der Waals surface area contributed by atoms with Crippen LogP contribution in [0.1, 0.15) is 31.4 Å². The minimum Gasteiger partial charge on any atom is -0.378 e. The quantitative estimate of drug-likeness (QED) is 0.825. The van der Waals surface area contributed by atoms with Crippen molar-refractivity contribution in [2.45, 2.75) is 25.8 Å². The molecule has 4 rings (SSSR count). The Morgan fingerprint density at radius 2 is 1.87 bits per heavy atom. The Labute approximate surface area is 178 Å². The van der Waals surface area contributed by atoms with Crippen LogP contribution in [0.4, 0.5) is 0 Å². The van der Waals surface area contributed by atoms with Crippen molar-refractivity contribution in [3.8, 4) is 0 Å². The average molecular weight is 410 g/mol. The summed E-state index contributed by atoms with van der Waals surface area (Å²) in [5.74, 6) is 0.211. The highest BCUT2D eigenvalue weighted by molar-refractivity contribution is 5.87. The zero-order valence-electron chi connectivity index (χ0n) is 17.7. The van der Waals surface area contributed by atoms with E-state index in [1.165, 1.54) is 10.8 Å². The van der Waals surface area contributed by atoms with Crippen LogP contribution in [0.3, 0.4) is 0 Å². The number of morpholine rings is 1. The first-order valence-electron chi connectivity index (χ1n) is 11.0. The van der Waals surface area contributed by atoms with Gasteiger partial charge in [0.15, 0.2) is 0 Å². The maximum atomic E-state index is 12.8. The number of nitrogens with zero attached hydrogens (tertiary/aromatic N) is 2. The second-order valence-corrected chi connectivity index (χ2v) is 8.37. The Bertz CT molecular complexity index is 889. The SMILES string of the molecule is C[C@H](NC(=O)CN1CCC[C@H](C(=O)N2CCOCC2)C1)c1cccc2ccccc12. The fourth-order valence-electron chi connectivity index (χ4n) is 4.64. The number of carbonyl (C=O) groups is 2. The molecule has 2 saturated heterocycles. The van der Waals surface area contributed by atoms with Crippen LogP contribution in [0.5, 0.6) is 0 Å². The Morgan fingerprint density at radius 1 is 1.10 bits per heavy atom. The van der Waals surface area contributed by atoms with E-state index in [1.807, 2.05) is 30.0 Å². The van der Waals surface area contributed by atoms with Gasteiger partial charge in [-0.25, -0.2) is 0 Å². The number of piperidine rings is 1. The van der Waals surface area contributed by atoms with E-state index in [-0.39, 0.29) is 23.8 Å². The van der Waals surface area contributed by atoms with Crippen LogP contribution in [-0.2, 0) is 14.3 Å². The Morgan fingerprint density at radius 3 is 2.70 bits per heavy atom. The van der Waals surface area contributed by atoms with Gasteiger partial charge in [-0.2, -0.15) is 0 Å². The van der Waals surface area contributed by atoms with Gasteiger partial charge in [0.2, 0.25) is 11.8 Å². The second kappa shape index (κ2) is 9.58. The van der Waals surface area contributed by atoms with E-state index in [9.17, 15) is 9.59 Å². The van der Waals surface area contributed by atoms with Gasteiger partial charge in [0.05, 0.1) is 31.7 Å². The number of fused-ring (bicyclic) bond motifs is 1. The van der Waals surface area contributed by atoms with Gasteiger partial charge >= 0.3 is 0 Å². The lowest BCUT2D eigenvalue weighted by Crippen LogP contribution is -2.50. The predicted octanol–water partition coefficient (Wildman–Crippen LogP) is 2.59. The first kappa shape index (κ1) is 20.8. The first-order valence-corrected chi connectivity index (χ1v) is 11.0. The minimum atomic E-state index is -0.0702. The Balaban J connectivity index is 1.33. The van der Waals surface area contributed by atoms with Gasteiger partial charge in [0, 0.05) is 19.6 Å².